The molecule has 1 amide bonds. The summed E-state index contributed by atoms with van der Waals surface area (Å²) in [6.45, 7) is 6.27. The van der Waals surface area contributed by atoms with Gasteiger partial charge in [-0.3, -0.25) is 9.69 Å². The van der Waals surface area contributed by atoms with Gasteiger partial charge in [0.1, 0.15) is 5.75 Å². The van der Waals surface area contributed by atoms with E-state index in [0.717, 1.165) is 70.8 Å². The topological polar surface area (TPSA) is 79.3 Å². The average Bonchev–Trinajstić information content (AvgIpc) is 3.32. The Morgan fingerprint density at radius 3 is 2.59 bits per heavy atom. The van der Waals surface area contributed by atoms with E-state index in [-0.39, 0.29) is 5.41 Å². The first-order chi connectivity index (χ1) is 15.1. The molecule has 1 spiro atoms. The number of halogens is 3. The molecule has 0 saturated carbocycles. The molecule has 0 radical (unpaired) electrons. The lowest BCUT2D eigenvalue weighted by atomic mass is 9.77. The molecule has 32 heavy (non-hydrogen) atoms. The van der Waals surface area contributed by atoms with Crippen LogP contribution in [0.5, 0.6) is 5.75 Å². The third kappa shape index (κ3) is 6.13. The molecule has 4 rings (SSSR count). The predicted molar refractivity (Wildman–Crippen MR) is 109 cm³/mol. The van der Waals surface area contributed by atoms with Gasteiger partial charge in [0, 0.05) is 39.6 Å². The van der Waals surface area contributed by atoms with Crippen molar-refractivity contribution >= 4 is 11.9 Å². The number of carbonyl (C=O) groups is 2. The zero-order chi connectivity index (χ0) is 23.4. The Balaban J connectivity index is 0.000000360. The van der Waals surface area contributed by atoms with E-state index < -0.39 is 12.1 Å². The van der Waals surface area contributed by atoms with Crippen LogP contribution in [0.15, 0.2) is 18.2 Å². The third-order valence-corrected chi connectivity index (χ3v) is 6.29. The SMILES string of the molecule is COCCN1CC2(CCN(Cc3ccc4c(c3)CCO4)CC2)CC1=O.O=C(O)C(F)(F)F. The molecule has 178 valence electrons. The summed E-state index contributed by atoms with van der Waals surface area (Å²) >= 11 is 0. The maximum absolute atomic E-state index is 12.3. The van der Waals surface area contributed by atoms with Gasteiger partial charge in [0.25, 0.3) is 0 Å². The van der Waals surface area contributed by atoms with Crippen molar-refractivity contribution in [2.75, 3.05) is 46.5 Å². The number of nitrogens with zero attached hydrogens (tertiary/aromatic N) is 2. The molecule has 7 nitrogen and oxygen atoms in total. The van der Waals surface area contributed by atoms with Gasteiger partial charge in [-0.15, -0.1) is 0 Å². The number of carboxylic acid groups (broad SMARTS) is 1. The molecule has 2 saturated heterocycles. The fourth-order valence-corrected chi connectivity index (χ4v) is 4.50. The summed E-state index contributed by atoms with van der Waals surface area (Å²) in [5, 5.41) is 7.12. The molecule has 3 aliphatic heterocycles. The molecule has 0 unspecified atom stereocenters. The van der Waals surface area contributed by atoms with Crippen molar-refractivity contribution in [2.24, 2.45) is 5.41 Å². The van der Waals surface area contributed by atoms with E-state index in [9.17, 15) is 18.0 Å². The number of carbonyl (C=O) groups excluding carboxylic acids is 1. The molecule has 0 aromatic heterocycles. The van der Waals surface area contributed by atoms with Crippen LogP contribution < -0.4 is 4.74 Å². The van der Waals surface area contributed by atoms with Crippen LogP contribution in [-0.4, -0.2) is 79.5 Å². The van der Waals surface area contributed by atoms with Crippen LogP contribution in [0.1, 0.15) is 30.4 Å². The Bertz CT molecular complexity index is 822. The fraction of sp³-hybridized carbons (Fsp3) is 0.636. The van der Waals surface area contributed by atoms with Gasteiger partial charge < -0.3 is 19.5 Å². The lowest BCUT2D eigenvalue weighted by Gasteiger charge is -2.38. The quantitative estimate of drug-likeness (QED) is 0.731. The van der Waals surface area contributed by atoms with Crippen molar-refractivity contribution in [3.8, 4) is 5.75 Å². The third-order valence-electron chi connectivity index (χ3n) is 6.29. The molecule has 0 bridgehead atoms. The minimum absolute atomic E-state index is 0.201. The smallest absolute Gasteiger partial charge is 0.490 e. The highest BCUT2D eigenvalue weighted by Gasteiger charge is 2.44. The summed E-state index contributed by atoms with van der Waals surface area (Å²) in [7, 11) is 1.69. The van der Waals surface area contributed by atoms with E-state index in [1.165, 1.54) is 11.1 Å². The summed E-state index contributed by atoms with van der Waals surface area (Å²) in [5.74, 6) is -1.39. The van der Waals surface area contributed by atoms with E-state index in [4.69, 9.17) is 19.4 Å². The lowest BCUT2D eigenvalue weighted by molar-refractivity contribution is -0.192. The summed E-state index contributed by atoms with van der Waals surface area (Å²) in [6.07, 6.45) is -1.08. The van der Waals surface area contributed by atoms with Gasteiger partial charge in [-0.25, -0.2) is 4.79 Å². The molecule has 1 aromatic rings. The molecule has 3 aliphatic rings. The second-order valence-electron chi connectivity index (χ2n) is 8.60. The minimum Gasteiger partial charge on any atom is -0.493 e. The second kappa shape index (κ2) is 10.1. The van der Waals surface area contributed by atoms with E-state index in [0.29, 0.717) is 12.5 Å². The van der Waals surface area contributed by atoms with Gasteiger partial charge >= 0.3 is 12.1 Å². The Labute approximate surface area is 185 Å². The largest absolute Gasteiger partial charge is 0.493 e. The number of fused-ring (bicyclic) bond motifs is 1. The van der Waals surface area contributed by atoms with Crippen LogP contribution in [0.2, 0.25) is 0 Å². The van der Waals surface area contributed by atoms with Crippen LogP contribution in [0.25, 0.3) is 0 Å². The fourth-order valence-electron chi connectivity index (χ4n) is 4.50. The van der Waals surface area contributed by atoms with Crippen molar-refractivity contribution in [3.63, 3.8) is 0 Å². The zero-order valence-electron chi connectivity index (χ0n) is 18.1. The van der Waals surface area contributed by atoms with E-state index >= 15 is 0 Å². The van der Waals surface area contributed by atoms with Gasteiger partial charge in [-0.05, 0) is 48.5 Å². The van der Waals surface area contributed by atoms with Crippen molar-refractivity contribution < 1.29 is 37.3 Å². The first-order valence-electron chi connectivity index (χ1n) is 10.7. The van der Waals surface area contributed by atoms with Crippen molar-refractivity contribution in [2.45, 2.75) is 38.4 Å². The molecule has 10 heteroatoms. The van der Waals surface area contributed by atoms with Crippen molar-refractivity contribution in [1.29, 1.82) is 0 Å². The number of alkyl halides is 3. The van der Waals surface area contributed by atoms with Crippen LogP contribution in [0.3, 0.4) is 0 Å². The first kappa shape index (κ1) is 24.3. The molecule has 0 atom stereocenters. The zero-order valence-corrected chi connectivity index (χ0v) is 18.1. The number of benzene rings is 1. The molecular weight excluding hydrogens is 429 g/mol. The summed E-state index contributed by atoms with van der Waals surface area (Å²) in [6, 6.07) is 6.62. The van der Waals surface area contributed by atoms with E-state index in [1.54, 1.807) is 7.11 Å². The second-order valence-corrected chi connectivity index (χ2v) is 8.60. The van der Waals surface area contributed by atoms with Crippen molar-refractivity contribution in [3.05, 3.63) is 29.3 Å². The number of hydrogen-bond donors (Lipinski definition) is 1. The van der Waals surface area contributed by atoms with Gasteiger partial charge in [0.05, 0.1) is 13.2 Å². The molecule has 2 fully saturated rings. The number of ether oxygens (including phenoxy) is 2. The van der Waals surface area contributed by atoms with Crippen LogP contribution >= 0.6 is 0 Å². The monoisotopic (exact) mass is 458 g/mol. The van der Waals surface area contributed by atoms with Crippen LogP contribution in [-0.2, 0) is 27.3 Å². The summed E-state index contributed by atoms with van der Waals surface area (Å²) < 4.78 is 42.5. The lowest BCUT2D eigenvalue weighted by Crippen LogP contribution is -2.41. The Morgan fingerprint density at radius 2 is 1.97 bits per heavy atom. The maximum Gasteiger partial charge on any atom is 0.490 e. The number of amides is 1. The van der Waals surface area contributed by atoms with Gasteiger partial charge in [0.2, 0.25) is 5.91 Å². The molecule has 1 aromatic carbocycles. The van der Waals surface area contributed by atoms with Gasteiger partial charge in [-0.1, -0.05) is 12.1 Å². The van der Waals surface area contributed by atoms with Crippen molar-refractivity contribution in [1.82, 2.24) is 9.80 Å². The number of methoxy groups -OCH3 is 1. The van der Waals surface area contributed by atoms with E-state index in [1.807, 2.05) is 4.90 Å². The summed E-state index contributed by atoms with van der Waals surface area (Å²) in [4.78, 5) is 25.7. The standard InChI is InChI=1S/C20H28N2O3.C2HF3O2/c1-24-11-9-22-15-20(13-19(22)23)5-7-21(8-6-20)14-16-2-3-18-17(12-16)4-10-25-18;3-2(4,5)1(6)7/h2-3,12H,4-11,13-15H2,1H3;(H,6,7). The van der Waals surface area contributed by atoms with E-state index in [2.05, 4.69) is 23.1 Å². The Hall–Kier alpha value is -2.33. The number of piperidine rings is 1. The van der Waals surface area contributed by atoms with Gasteiger partial charge in [0.15, 0.2) is 0 Å². The molecule has 3 heterocycles. The summed E-state index contributed by atoms with van der Waals surface area (Å²) in [5.41, 5.74) is 2.93. The first-order valence-corrected chi connectivity index (χ1v) is 10.7. The highest BCUT2D eigenvalue weighted by Crippen LogP contribution is 2.41. The number of hydrogen-bond acceptors (Lipinski definition) is 5. The number of carboxylic acids is 1. The molecular formula is C22H29F3N2O5. The van der Waals surface area contributed by atoms with Crippen LogP contribution in [0.4, 0.5) is 13.2 Å². The minimum atomic E-state index is -5.08. The number of rotatable bonds is 5. The predicted octanol–water partition coefficient (Wildman–Crippen LogP) is 2.72. The van der Waals surface area contributed by atoms with Gasteiger partial charge in [-0.2, -0.15) is 13.2 Å². The normalized spacial score (nSPS) is 20.0. The molecule has 0 aliphatic carbocycles. The van der Waals surface area contributed by atoms with Crippen LogP contribution in [0, 0.1) is 5.41 Å². The Kier molecular flexibility index (Phi) is 7.66. The molecule has 1 N–H and O–H groups in total. The highest BCUT2D eigenvalue weighted by molar-refractivity contribution is 5.79. The maximum atomic E-state index is 12.3. The number of likely N-dealkylation sites (tertiary alicyclic amines) is 2. The average molecular weight is 458 g/mol. The highest BCUT2D eigenvalue weighted by atomic mass is 19.4. The number of aliphatic carboxylic acids is 1. The Morgan fingerprint density at radius 1 is 1.28 bits per heavy atom.